The third-order valence-electron chi connectivity index (χ3n) is 2.08. The summed E-state index contributed by atoms with van der Waals surface area (Å²) < 4.78 is 13.1. The minimum Gasteiger partial charge on any atom is -0.395 e. The van der Waals surface area contributed by atoms with Crippen LogP contribution in [-0.2, 0) is 0 Å². The van der Waals surface area contributed by atoms with Crippen LogP contribution in [0.5, 0.6) is 0 Å². The lowest BCUT2D eigenvalue weighted by Gasteiger charge is -2.16. The van der Waals surface area contributed by atoms with Crippen LogP contribution in [0.4, 0.5) is 4.39 Å². The van der Waals surface area contributed by atoms with Gasteiger partial charge in [0.05, 0.1) is 11.6 Å². The predicted molar refractivity (Wildman–Crippen MR) is 58.3 cm³/mol. The molecule has 0 aromatic heterocycles. The first kappa shape index (κ1) is 12.4. The topological polar surface area (TPSA) is 58.3 Å². The van der Waals surface area contributed by atoms with Gasteiger partial charge in [-0.1, -0.05) is 17.7 Å². The van der Waals surface area contributed by atoms with Crippen molar-refractivity contribution in [1.82, 2.24) is 5.32 Å². The van der Waals surface area contributed by atoms with Gasteiger partial charge in [0.2, 0.25) is 0 Å². The van der Waals surface area contributed by atoms with Crippen molar-refractivity contribution in [2.45, 2.75) is 6.04 Å². The number of aliphatic hydroxyl groups is 1. The zero-order valence-corrected chi connectivity index (χ0v) is 8.97. The van der Waals surface area contributed by atoms with Gasteiger partial charge in [-0.25, -0.2) is 4.39 Å². The van der Waals surface area contributed by atoms with Crippen LogP contribution in [0, 0.1) is 5.82 Å². The van der Waals surface area contributed by atoms with E-state index in [0.717, 1.165) is 5.56 Å². The van der Waals surface area contributed by atoms with E-state index in [2.05, 4.69) is 5.32 Å². The summed E-state index contributed by atoms with van der Waals surface area (Å²) in [4.78, 5) is 0. The molecule has 0 aliphatic heterocycles. The van der Waals surface area contributed by atoms with E-state index in [0.29, 0.717) is 13.1 Å². The molecule has 4 N–H and O–H groups in total. The van der Waals surface area contributed by atoms with Crippen LogP contribution in [0.1, 0.15) is 11.6 Å². The highest BCUT2D eigenvalue weighted by Gasteiger charge is 2.10. The Morgan fingerprint density at radius 2 is 2.27 bits per heavy atom. The third kappa shape index (κ3) is 3.43. The molecule has 15 heavy (non-hydrogen) atoms. The van der Waals surface area contributed by atoms with E-state index in [4.69, 9.17) is 22.4 Å². The lowest BCUT2D eigenvalue weighted by atomic mass is 10.1. The van der Waals surface area contributed by atoms with Crippen LogP contribution in [-0.4, -0.2) is 24.8 Å². The summed E-state index contributed by atoms with van der Waals surface area (Å²) >= 11 is 5.57. The van der Waals surface area contributed by atoms with E-state index in [1.54, 1.807) is 6.07 Å². The van der Waals surface area contributed by atoms with Gasteiger partial charge in [0, 0.05) is 19.1 Å². The smallest absolute Gasteiger partial charge is 0.142 e. The maximum Gasteiger partial charge on any atom is 0.142 e. The first-order valence-electron chi connectivity index (χ1n) is 4.68. The van der Waals surface area contributed by atoms with E-state index < -0.39 is 5.82 Å². The largest absolute Gasteiger partial charge is 0.395 e. The van der Waals surface area contributed by atoms with Gasteiger partial charge in [-0.3, -0.25) is 0 Å². The highest BCUT2D eigenvalue weighted by Crippen LogP contribution is 2.19. The van der Waals surface area contributed by atoms with Crippen LogP contribution in [0.25, 0.3) is 0 Å². The van der Waals surface area contributed by atoms with Crippen LogP contribution >= 0.6 is 11.6 Å². The van der Waals surface area contributed by atoms with Gasteiger partial charge in [-0.15, -0.1) is 0 Å². The standard InChI is InChI=1S/C10H14ClFN2O/c11-8-2-1-7(5-9(8)12)10(6-13)14-3-4-15/h1-2,5,10,14-15H,3-4,6,13H2. The Labute approximate surface area is 93.0 Å². The molecule has 1 aromatic carbocycles. The molecule has 1 aromatic rings. The van der Waals surface area contributed by atoms with E-state index in [1.165, 1.54) is 12.1 Å². The van der Waals surface area contributed by atoms with Gasteiger partial charge in [0.1, 0.15) is 5.82 Å². The Morgan fingerprint density at radius 3 is 2.80 bits per heavy atom. The van der Waals surface area contributed by atoms with E-state index >= 15 is 0 Å². The molecule has 0 saturated heterocycles. The second kappa shape index (κ2) is 6.02. The monoisotopic (exact) mass is 232 g/mol. The predicted octanol–water partition coefficient (Wildman–Crippen LogP) is 1.06. The maximum absolute atomic E-state index is 13.1. The fourth-order valence-corrected chi connectivity index (χ4v) is 1.42. The molecular weight excluding hydrogens is 219 g/mol. The summed E-state index contributed by atoms with van der Waals surface area (Å²) in [5.74, 6) is -0.460. The van der Waals surface area contributed by atoms with E-state index in [1.807, 2.05) is 0 Å². The molecule has 5 heteroatoms. The number of nitrogens with two attached hydrogens (primary N) is 1. The van der Waals surface area contributed by atoms with Crippen LogP contribution in [0.2, 0.25) is 5.02 Å². The number of hydrogen-bond acceptors (Lipinski definition) is 3. The Bertz CT molecular complexity index is 322. The summed E-state index contributed by atoms with van der Waals surface area (Å²) in [7, 11) is 0. The minimum absolute atomic E-state index is 0.0204. The molecule has 0 spiro atoms. The molecule has 0 fully saturated rings. The Morgan fingerprint density at radius 1 is 1.53 bits per heavy atom. The summed E-state index contributed by atoms with van der Waals surface area (Å²) in [5.41, 5.74) is 6.26. The van der Waals surface area contributed by atoms with Gasteiger partial charge >= 0.3 is 0 Å². The second-order valence-corrected chi connectivity index (χ2v) is 3.55. The van der Waals surface area contributed by atoms with E-state index in [9.17, 15) is 4.39 Å². The van der Waals surface area contributed by atoms with Gasteiger partial charge in [0.15, 0.2) is 0 Å². The number of halogens is 2. The zero-order valence-electron chi connectivity index (χ0n) is 8.21. The second-order valence-electron chi connectivity index (χ2n) is 3.14. The number of benzene rings is 1. The summed E-state index contributed by atoms with van der Waals surface area (Å²) in [6, 6.07) is 4.40. The number of nitrogens with one attached hydrogen (secondary N) is 1. The van der Waals surface area contributed by atoms with Crippen LogP contribution in [0.3, 0.4) is 0 Å². The van der Waals surface area contributed by atoms with Crippen molar-refractivity contribution in [3.63, 3.8) is 0 Å². The summed E-state index contributed by atoms with van der Waals surface area (Å²) in [6.07, 6.45) is 0. The maximum atomic E-state index is 13.1. The normalized spacial score (nSPS) is 12.8. The van der Waals surface area contributed by atoms with Gasteiger partial charge < -0.3 is 16.2 Å². The molecule has 1 rings (SSSR count). The molecule has 0 aliphatic rings. The highest BCUT2D eigenvalue weighted by atomic mass is 35.5. The minimum atomic E-state index is -0.460. The molecule has 0 amide bonds. The molecular formula is C10H14ClFN2O. The molecule has 1 unspecified atom stereocenters. The van der Waals surface area contributed by atoms with Crippen molar-refractivity contribution < 1.29 is 9.50 Å². The van der Waals surface area contributed by atoms with Crippen molar-refractivity contribution in [2.75, 3.05) is 19.7 Å². The van der Waals surface area contributed by atoms with Crippen LogP contribution < -0.4 is 11.1 Å². The molecule has 0 bridgehead atoms. The van der Waals surface area contributed by atoms with Crippen molar-refractivity contribution in [1.29, 1.82) is 0 Å². The first-order chi connectivity index (χ1) is 7.19. The number of hydrogen-bond donors (Lipinski definition) is 3. The quantitative estimate of drug-likeness (QED) is 0.712. The average Bonchev–Trinajstić information content (AvgIpc) is 2.24. The van der Waals surface area contributed by atoms with Crippen molar-refractivity contribution in [3.05, 3.63) is 34.6 Å². The lowest BCUT2D eigenvalue weighted by molar-refractivity contribution is 0.285. The Hall–Kier alpha value is -0.680. The molecule has 84 valence electrons. The molecule has 3 nitrogen and oxygen atoms in total. The molecule has 0 aliphatic carbocycles. The van der Waals surface area contributed by atoms with Crippen LogP contribution in [0.15, 0.2) is 18.2 Å². The Kier molecular flexibility index (Phi) is 4.98. The Balaban J connectivity index is 2.78. The number of aliphatic hydroxyl groups excluding tert-OH is 1. The molecule has 1 atom stereocenters. The lowest BCUT2D eigenvalue weighted by Crippen LogP contribution is -2.30. The molecule has 0 radical (unpaired) electrons. The average molecular weight is 233 g/mol. The first-order valence-corrected chi connectivity index (χ1v) is 5.06. The fourth-order valence-electron chi connectivity index (χ4n) is 1.31. The fraction of sp³-hybridized carbons (Fsp3) is 0.400. The summed E-state index contributed by atoms with van der Waals surface area (Å²) in [6.45, 7) is 0.778. The van der Waals surface area contributed by atoms with E-state index in [-0.39, 0.29) is 17.7 Å². The molecule has 0 heterocycles. The summed E-state index contributed by atoms with van der Waals surface area (Å²) in [5, 5.41) is 11.7. The van der Waals surface area contributed by atoms with Crippen molar-refractivity contribution in [3.8, 4) is 0 Å². The van der Waals surface area contributed by atoms with Gasteiger partial charge in [-0.2, -0.15) is 0 Å². The van der Waals surface area contributed by atoms with Crippen molar-refractivity contribution >= 4 is 11.6 Å². The third-order valence-corrected chi connectivity index (χ3v) is 2.39. The van der Waals surface area contributed by atoms with Crippen molar-refractivity contribution in [2.24, 2.45) is 5.73 Å². The molecule has 0 saturated carbocycles. The SMILES string of the molecule is NCC(NCCO)c1ccc(Cl)c(F)c1. The number of rotatable bonds is 5. The van der Waals surface area contributed by atoms with Gasteiger partial charge in [-0.05, 0) is 17.7 Å². The zero-order chi connectivity index (χ0) is 11.3. The highest BCUT2D eigenvalue weighted by molar-refractivity contribution is 6.30. The van der Waals surface area contributed by atoms with Gasteiger partial charge in [0.25, 0.3) is 0 Å².